The summed E-state index contributed by atoms with van der Waals surface area (Å²) in [5.74, 6) is 0. The Labute approximate surface area is 75.7 Å². The fraction of sp³-hybridized carbons (Fsp3) is 1.00. The van der Waals surface area contributed by atoms with Gasteiger partial charge in [-0.25, -0.2) is 8.78 Å². The van der Waals surface area contributed by atoms with Crippen LogP contribution in [0.25, 0.3) is 0 Å². The largest absolute Gasteiger partial charge is 0.394 e. The van der Waals surface area contributed by atoms with Gasteiger partial charge >= 0.3 is 0 Å². The molecule has 3 fully saturated rings. The third-order valence-corrected chi connectivity index (χ3v) is 2.96. The summed E-state index contributed by atoms with van der Waals surface area (Å²) in [6.45, 7) is 0.354. The highest BCUT2D eigenvalue weighted by Crippen LogP contribution is 2.56. The number of halogens is 3. The van der Waals surface area contributed by atoms with E-state index in [-0.39, 0.29) is 24.6 Å². The number of hydrogen-bond acceptors (Lipinski definition) is 2. The fourth-order valence-electron chi connectivity index (χ4n) is 2.31. The van der Waals surface area contributed by atoms with Gasteiger partial charge in [-0.05, 0) is 12.8 Å². The molecule has 0 aromatic rings. The molecule has 2 bridgehead atoms. The molecule has 0 radical (unpaired) electrons. The molecule has 12 heavy (non-hydrogen) atoms. The van der Waals surface area contributed by atoms with Crippen molar-refractivity contribution >= 4 is 12.4 Å². The summed E-state index contributed by atoms with van der Waals surface area (Å²) in [6, 6.07) is 0. The van der Waals surface area contributed by atoms with Crippen LogP contribution < -0.4 is 5.32 Å². The van der Waals surface area contributed by atoms with Gasteiger partial charge in [0.15, 0.2) is 0 Å². The first-order chi connectivity index (χ1) is 5.13. The van der Waals surface area contributed by atoms with E-state index < -0.39 is 11.8 Å². The summed E-state index contributed by atoms with van der Waals surface area (Å²) in [7, 11) is 0. The molecule has 5 heteroatoms. The molecular weight excluding hydrogens is 188 g/mol. The zero-order chi connectivity index (χ0) is 8.11. The number of nitrogens with one attached hydrogen (secondary N) is 1. The van der Waals surface area contributed by atoms with Crippen LogP contribution in [0.4, 0.5) is 8.78 Å². The lowest BCUT2D eigenvalue weighted by Gasteiger charge is -2.44. The molecule has 0 unspecified atom stereocenters. The Bertz CT molecular complexity index is 182. The molecule has 0 aromatic carbocycles. The Morgan fingerprint density at radius 2 is 2.00 bits per heavy atom. The average molecular weight is 200 g/mol. The van der Waals surface area contributed by atoms with Crippen molar-refractivity contribution in [1.29, 1.82) is 0 Å². The normalized spacial score (nSPS) is 44.0. The Kier molecular flexibility index (Phi) is 2.36. The number of rotatable bonds is 2. The van der Waals surface area contributed by atoms with E-state index in [1.54, 1.807) is 0 Å². The predicted octanol–water partition coefficient (Wildman–Crippen LogP) is 0.788. The second-order valence-corrected chi connectivity index (χ2v) is 3.81. The Morgan fingerprint density at radius 3 is 2.25 bits per heavy atom. The summed E-state index contributed by atoms with van der Waals surface area (Å²) in [4.78, 5) is 0. The molecule has 2 saturated heterocycles. The third kappa shape index (κ3) is 1.05. The van der Waals surface area contributed by atoms with Gasteiger partial charge in [-0.2, -0.15) is 0 Å². The van der Waals surface area contributed by atoms with Crippen LogP contribution in [0.3, 0.4) is 0 Å². The summed E-state index contributed by atoms with van der Waals surface area (Å²) in [5, 5.41) is 11.8. The van der Waals surface area contributed by atoms with Crippen LogP contribution in [0.5, 0.6) is 0 Å². The molecule has 0 spiro atoms. The van der Waals surface area contributed by atoms with Crippen LogP contribution in [0.2, 0.25) is 0 Å². The number of fused-ring (bicyclic) bond motifs is 1. The lowest BCUT2D eigenvalue weighted by Crippen LogP contribution is -2.52. The molecule has 1 aliphatic carbocycles. The summed E-state index contributed by atoms with van der Waals surface area (Å²) >= 11 is 0. The monoisotopic (exact) mass is 199 g/mol. The Morgan fingerprint density at radius 1 is 1.42 bits per heavy atom. The standard InChI is InChI=1S/C7H11F2NO.ClH/c8-5(9)6-1-7(2-6,4-11)10-3-6;/h5,10-11H,1-4H2;1H. The van der Waals surface area contributed by atoms with Gasteiger partial charge in [-0.1, -0.05) is 0 Å². The Hall–Kier alpha value is 0.0700. The molecule has 72 valence electrons. The van der Waals surface area contributed by atoms with E-state index in [2.05, 4.69) is 5.32 Å². The van der Waals surface area contributed by atoms with E-state index in [1.165, 1.54) is 0 Å². The highest BCUT2D eigenvalue weighted by Gasteiger charge is 2.64. The van der Waals surface area contributed by atoms with Gasteiger partial charge in [0.25, 0.3) is 0 Å². The molecule has 0 atom stereocenters. The summed E-state index contributed by atoms with van der Waals surface area (Å²) in [6.07, 6.45) is -1.36. The van der Waals surface area contributed by atoms with E-state index in [4.69, 9.17) is 5.11 Å². The van der Waals surface area contributed by atoms with Crippen molar-refractivity contribution in [2.45, 2.75) is 24.8 Å². The molecule has 3 aliphatic rings. The van der Waals surface area contributed by atoms with Crippen molar-refractivity contribution in [3.05, 3.63) is 0 Å². The molecule has 2 aliphatic heterocycles. The molecule has 2 heterocycles. The average Bonchev–Trinajstić information content (AvgIpc) is 2.39. The van der Waals surface area contributed by atoms with Crippen LogP contribution in [0.1, 0.15) is 12.8 Å². The first kappa shape index (κ1) is 10.2. The molecule has 2 nitrogen and oxygen atoms in total. The summed E-state index contributed by atoms with van der Waals surface area (Å²) in [5.41, 5.74) is -1.15. The summed E-state index contributed by atoms with van der Waals surface area (Å²) < 4.78 is 24.7. The number of aliphatic hydroxyl groups excluding tert-OH is 1. The molecule has 2 N–H and O–H groups in total. The molecular formula is C7H12ClF2NO. The molecule has 0 aromatic heterocycles. The first-order valence-electron chi connectivity index (χ1n) is 3.77. The maximum absolute atomic E-state index is 12.3. The van der Waals surface area contributed by atoms with Crippen molar-refractivity contribution in [1.82, 2.24) is 5.32 Å². The maximum atomic E-state index is 12.3. The minimum atomic E-state index is -2.24. The van der Waals surface area contributed by atoms with Crippen molar-refractivity contribution < 1.29 is 13.9 Å². The van der Waals surface area contributed by atoms with E-state index in [1.807, 2.05) is 0 Å². The highest BCUT2D eigenvalue weighted by atomic mass is 35.5. The van der Waals surface area contributed by atoms with Crippen molar-refractivity contribution in [3.8, 4) is 0 Å². The van der Waals surface area contributed by atoms with Gasteiger partial charge in [0, 0.05) is 17.5 Å². The third-order valence-electron chi connectivity index (χ3n) is 2.96. The maximum Gasteiger partial charge on any atom is 0.245 e. The van der Waals surface area contributed by atoms with Gasteiger partial charge in [0.05, 0.1) is 6.61 Å². The van der Waals surface area contributed by atoms with Crippen LogP contribution in [0.15, 0.2) is 0 Å². The highest BCUT2D eigenvalue weighted by molar-refractivity contribution is 5.85. The lowest BCUT2D eigenvalue weighted by atomic mass is 9.62. The zero-order valence-electron chi connectivity index (χ0n) is 6.52. The fourth-order valence-corrected chi connectivity index (χ4v) is 2.31. The van der Waals surface area contributed by atoms with Crippen molar-refractivity contribution in [2.24, 2.45) is 5.41 Å². The SMILES string of the molecule is Cl.OCC12CC(C(F)F)(CN1)C2. The quantitative estimate of drug-likeness (QED) is 0.689. The topological polar surface area (TPSA) is 32.3 Å². The molecule has 3 rings (SSSR count). The van der Waals surface area contributed by atoms with Gasteiger partial charge in [0.1, 0.15) is 0 Å². The Balaban J connectivity index is 0.000000720. The second-order valence-electron chi connectivity index (χ2n) is 3.81. The number of aliphatic hydroxyl groups is 1. The van der Waals surface area contributed by atoms with Crippen LogP contribution >= 0.6 is 12.4 Å². The smallest absolute Gasteiger partial charge is 0.245 e. The second kappa shape index (κ2) is 2.79. The van der Waals surface area contributed by atoms with Gasteiger partial charge in [-0.15, -0.1) is 12.4 Å². The van der Waals surface area contributed by atoms with E-state index in [0.717, 1.165) is 0 Å². The van der Waals surface area contributed by atoms with Gasteiger partial charge in [0.2, 0.25) is 6.43 Å². The van der Waals surface area contributed by atoms with E-state index in [0.29, 0.717) is 19.4 Å². The van der Waals surface area contributed by atoms with Crippen LogP contribution in [-0.4, -0.2) is 30.2 Å². The lowest BCUT2D eigenvalue weighted by molar-refractivity contribution is -0.0655. The van der Waals surface area contributed by atoms with Gasteiger partial charge < -0.3 is 10.4 Å². The van der Waals surface area contributed by atoms with Crippen molar-refractivity contribution in [3.63, 3.8) is 0 Å². The first-order valence-corrected chi connectivity index (χ1v) is 3.77. The predicted molar refractivity (Wildman–Crippen MR) is 42.7 cm³/mol. The molecule has 0 amide bonds. The minimum absolute atomic E-state index is 0. The number of hydrogen-bond donors (Lipinski definition) is 2. The van der Waals surface area contributed by atoms with Crippen LogP contribution in [-0.2, 0) is 0 Å². The van der Waals surface area contributed by atoms with Crippen LogP contribution in [0, 0.1) is 5.41 Å². The number of alkyl halides is 2. The zero-order valence-corrected chi connectivity index (χ0v) is 7.33. The minimum Gasteiger partial charge on any atom is -0.394 e. The van der Waals surface area contributed by atoms with Gasteiger partial charge in [-0.3, -0.25) is 0 Å². The molecule has 1 saturated carbocycles. The van der Waals surface area contributed by atoms with E-state index >= 15 is 0 Å². The van der Waals surface area contributed by atoms with E-state index in [9.17, 15) is 8.78 Å². The van der Waals surface area contributed by atoms with Crippen molar-refractivity contribution in [2.75, 3.05) is 13.2 Å².